The number of carbonyl (C=O) groups excluding carboxylic acids is 2. The number of pyridine rings is 1. The predicted octanol–water partition coefficient (Wildman–Crippen LogP) is 1.78. The average Bonchev–Trinajstić information content (AvgIpc) is 2.62. The number of hydrogen-bond acceptors (Lipinski definition) is 4. The van der Waals surface area contributed by atoms with Gasteiger partial charge < -0.3 is 16.0 Å². The van der Waals surface area contributed by atoms with Gasteiger partial charge in [-0.05, 0) is 44.9 Å². The van der Waals surface area contributed by atoms with Crippen LogP contribution < -0.4 is 11.1 Å². The molecule has 1 atom stereocenters. The number of nitrogens with zero attached hydrogens (tertiary/aromatic N) is 2. The molecule has 0 radical (unpaired) electrons. The summed E-state index contributed by atoms with van der Waals surface area (Å²) in [5, 5.41) is 3.88. The quantitative estimate of drug-likeness (QED) is 0.857. The number of rotatable bonds is 5. The molecular weight excluding hydrogens is 328 g/mol. The second-order valence-corrected chi connectivity index (χ2v) is 7.08. The van der Waals surface area contributed by atoms with Crippen molar-refractivity contribution >= 4 is 22.7 Å². The van der Waals surface area contributed by atoms with Crippen LogP contribution in [0.15, 0.2) is 24.3 Å². The van der Waals surface area contributed by atoms with Crippen LogP contribution in [-0.4, -0.2) is 47.9 Å². The molecular formula is C20H26N4O2. The molecule has 3 rings (SSSR count). The molecule has 0 bridgehead atoms. The SMILES string of the molecule is Cc1cc(C(=O)NCCN2CCC[C@H](C(N)=O)C2)c2cccc(C)c2n1. The number of nitrogens with two attached hydrogens (primary N) is 1. The fourth-order valence-electron chi connectivity index (χ4n) is 3.62. The van der Waals surface area contributed by atoms with Crippen LogP contribution in [0.1, 0.15) is 34.5 Å². The molecule has 3 N–H and O–H groups in total. The Bertz CT molecular complexity index is 834. The number of para-hydroxylation sites is 1. The number of hydrogen-bond donors (Lipinski definition) is 2. The molecule has 1 saturated heterocycles. The first-order valence-corrected chi connectivity index (χ1v) is 9.12. The maximum absolute atomic E-state index is 12.7. The van der Waals surface area contributed by atoms with Crippen LogP contribution in [0.25, 0.3) is 10.9 Å². The number of amides is 2. The summed E-state index contributed by atoms with van der Waals surface area (Å²) in [6.45, 7) is 6.79. The van der Waals surface area contributed by atoms with E-state index >= 15 is 0 Å². The van der Waals surface area contributed by atoms with Crippen molar-refractivity contribution in [2.45, 2.75) is 26.7 Å². The lowest BCUT2D eigenvalue weighted by atomic mass is 9.97. The Balaban J connectivity index is 1.65. The monoisotopic (exact) mass is 354 g/mol. The molecule has 1 fully saturated rings. The van der Waals surface area contributed by atoms with Gasteiger partial charge in [0.1, 0.15) is 0 Å². The number of likely N-dealkylation sites (tertiary alicyclic amines) is 1. The number of aryl methyl sites for hydroxylation is 2. The van der Waals surface area contributed by atoms with Gasteiger partial charge in [0.05, 0.1) is 17.0 Å². The number of nitrogens with one attached hydrogen (secondary N) is 1. The van der Waals surface area contributed by atoms with E-state index in [1.54, 1.807) is 0 Å². The first kappa shape index (κ1) is 18.3. The van der Waals surface area contributed by atoms with Crippen LogP contribution in [0.2, 0.25) is 0 Å². The first-order chi connectivity index (χ1) is 12.5. The molecule has 1 aliphatic rings. The summed E-state index contributed by atoms with van der Waals surface area (Å²) in [4.78, 5) is 30.8. The molecule has 6 heteroatoms. The maximum Gasteiger partial charge on any atom is 0.252 e. The van der Waals surface area contributed by atoms with Crippen LogP contribution in [-0.2, 0) is 4.79 Å². The van der Waals surface area contributed by atoms with Crippen molar-refractivity contribution in [3.8, 4) is 0 Å². The molecule has 2 heterocycles. The smallest absolute Gasteiger partial charge is 0.252 e. The standard InChI is InChI=1S/C20H26N4O2/c1-13-5-3-7-16-17(11-14(2)23-18(13)16)20(26)22-8-10-24-9-4-6-15(12-24)19(21)25/h3,5,7,11,15H,4,6,8-10,12H2,1-2H3,(H2,21,25)(H,22,26)/t15-/m0/s1. The number of primary amides is 1. The van der Waals surface area contributed by atoms with Crippen LogP contribution in [0.4, 0.5) is 0 Å². The van der Waals surface area contributed by atoms with E-state index < -0.39 is 0 Å². The fourth-order valence-corrected chi connectivity index (χ4v) is 3.62. The van der Waals surface area contributed by atoms with Gasteiger partial charge >= 0.3 is 0 Å². The minimum atomic E-state index is -0.229. The lowest BCUT2D eigenvalue weighted by Gasteiger charge is -2.31. The molecule has 2 aromatic rings. The molecule has 138 valence electrons. The highest BCUT2D eigenvalue weighted by atomic mass is 16.2. The Hall–Kier alpha value is -2.47. The third kappa shape index (κ3) is 4.02. The molecule has 0 spiro atoms. The van der Waals surface area contributed by atoms with Crippen LogP contribution in [0, 0.1) is 19.8 Å². The second-order valence-electron chi connectivity index (χ2n) is 7.08. The number of piperidine rings is 1. The molecule has 6 nitrogen and oxygen atoms in total. The molecule has 2 amide bonds. The minimum Gasteiger partial charge on any atom is -0.369 e. The topological polar surface area (TPSA) is 88.3 Å². The Labute approximate surface area is 153 Å². The summed E-state index contributed by atoms with van der Waals surface area (Å²) in [6, 6.07) is 7.72. The van der Waals surface area contributed by atoms with Gasteiger partial charge in [0, 0.05) is 30.7 Å². The third-order valence-electron chi connectivity index (χ3n) is 5.04. The highest BCUT2D eigenvalue weighted by Gasteiger charge is 2.23. The van der Waals surface area contributed by atoms with Crippen LogP contribution >= 0.6 is 0 Å². The van der Waals surface area contributed by atoms with Gasteiger partial charge in [-0.3, -0.25) is 14.6 Å². The lowest BCUT2D eigenvalue weighted by Crippen LogP contribution is -2.44. The minimum absolute atomic E-state index is 0.0748. The number of fused-ring (bicyclic) bond motifs is 1. The van der Waals surface area contributed by atoms with Gasteiger partial charge in [-0.2, -0.15) is 0 Å². The largest absolute Gasteiger partial charge is 0.369 e. The van der Waals surface area contributed by atoms with Gasteiger partial charge in [-0.15, -0.1) is 0 Å². The summed E-state index contributed by atoms with van der Waals surface area (Å²) >= 11 is 0. The molecule has 1 aromatic carbocycles. The van der Waals surface area contributed by atoms with E-state index in [4.69, 9.17) is 5.73 Å². The van der Waals surface area contributed by atoms with Gasteiger partial charge in [-0.1, -0.05) is 18.2 Å². The van der Waals surface area contributed by atoms with Gasteiger partial charge in [0.2, 0.25) is 5.91 Å². The maximum atomic E-state index is 12.7. The first-order valence-electron chi connectivity index (χ1n) is 9.12. The van der Waals surface area contributed by atoms with Crippen molar-refractivity contribution in [2.24, 2.45) is 11.7 Å². The second kappa shape index (κ2) is 7.83. The molecule has 0 aliphatic carbocycles. The summed E-state index contributed by atoms with van der Waals surface area (Å²) in [6.07, 6.45) is 1.83. The highest BCUT2D eigenvalue weighted by Crippen LogP contribution is 2.21. The molecule has 1 aliphatic heterocycles. The zero-order chi connectivity index (χ0) is 18.7. The summed E-state index contributed by atoms with van der Waals surface area (Å²) < 4.78 is 0. The van der Waals surface area contributed by atoms with Crippen molar-refractivity contribution < 1.29 is 9.59 Å². The summed E-state index contributed by atoms with van der Waals surface area (Å²) in [7, 11) is 0. The predicted molar refractivity (Wildman–Crippen MR) is 102 cm³/mol. The fraction of sp³-hybridized carbons (Fsp3) is 0.450. The van der Waals surface area contributed by atoms with Crippen LogP contribution in [0.5, 0.6) is 0 Å². The number of aromatic nitrogens is 1. The Morgan fingerprint density at radius 3 is 2.92 bits per heavy atom. The van der Waals surface area contributed by atoms with Crippen molar-refractivity contribution in [1.29, 1.82) is 0 Å². The van der Waals surface area contributed by atoms with E-state index in [9.17, 15) is 9.59 Å². The third-order valence-corrected chi connectivity index (χ3v) is 5.04. The van der Waals surface area contributed by atoms with E-state index in [0.717, 1.165) is 48.1 Å². The zero-order valence-electron chi connectivity index (χ0n) is 15.4. The van der Waals surface area contributed by atoms with E-state index in [1.807, 2.05) is 38.1 Å². The summed E-state index contributed by atoms with van der Waals surface area (Å²) in [5.74, 6) is -0.392. The highest BCUT2D eigenvalue weighted by molar-refractivity contribution is 6.06. The molecule has 0 saturated carbocycles. The van der Waals surface area contributed by atoms with E-state index in [-0.39, 0.29) is 17.7 Å². The Morgan fingerprint density at radius 1 is 1.35 bits per heavy atom. The Morgan fingerprint density at radius 2 is 2.15 bits per heavy atom. The molecule has 26 heavy (non-hydrogen) atoms. The molecule has 0 unspecified atom stereocenters. The number of benzene rings is 1. The zero-order valence-corrected chi connectivity index (χ0v) is 15.4. The lowest BCUT2D eigenvalue weighted by molar-refractivity contribution is -0.123. The van der Waals surface area contributed by atoms with E-state index in [0.29, 0.717) is 18.7 Å². The van der Waals surface area contributed by atoms with E-state index in [1.165, 1.54) is 0 Å². The molecule has 1 aromatic heterocycles. The van der Waals surface area contributed by atoms with Crippen molar-refractivity contribution in [2.75, 3.05) is 26.2 Å². The van der Waals surface area contributed by atoms with Crippen molar-refractivity contribution in [1.82, 2.24) is 15.2 Å². The van der Waals surface area contributed by atoms with Crippen molar-refractivity contribution in [3.63, 3.8) is 0 Å². The van der Waals surface area contributed by atoms with E-state index in [2.05, 4.69) is 15.2 Å². The Kier molecular flexibility index (Phi) is 5.52. The van der Waals surface area contributed by atoms with Crippen molar-refractivity contribution in [3.05, 3.63) is 41.1 Å². The van der Waals surface area contributed by atoms with Gasteiger partial charge in [0.15, 0.2) is 0 Å². The number of carbonyl (C=O) groups is 2. The summed E-state index contributed by atoms with van der Waals surface area (Å²) in [5.41, 5.74) is 8.84. The normalized spacial score (nSPS) is 18.0. The van der Waals surface area contributed by atoms with Gasteiger partial charge in [0.25, 0.3) is 5.91 Å². The average molecular weight is 354 g/mol. The van der Waals surface area contributed by atoms with Gasteiger partial charge in [-0.25, -0.2) is 0 Å². The van der Waals surface area contributed by atoms with Crippen LogP contribution in [0.3, 0.4) is 0 Å².